The highest BCUT2D eigenvalue weighted by Gasteiger charge is 2.26. The topological polar surface area (TPSA) is 67.2 Å². The van der Waals surface area contributed by atoms with Crippen molar-refractivity contribution in [1.82, 2.24) is 9.55 Å². The Kier molecular flexibility index (Phi) is 7.88. The highest BCUT2D eigenvalue weighted by Crippen LogP contribution is 2.33. The molecule has 3 aromatic rings. The van der Waals surface area contributed by atoms with Crippen LogP contribution in [0.1, 0.15) is 72.5 Å². The number of hydrogen-bond acceptors (Lipinski definition) is 3. The Morgan fingerprint density at radius 2 is 1.78 bits per heavy atom. The number of benzene rings is 2. The number of nitrogens with zero attached hydrogens (tertiary/aromatic N) is 3. The Morgan fingerprint density at radius 3 is 2.39 bits per heavy atom. The fourth-order valence-electron chi connectivity index (χ4n) is 4.89. The van der Waals surface area contributed by atoms with Gasteiger partial charge in [-0.05, 0) is 61.2 Å². The van der Waals surface area contributed by atoms with Gasteiger partial charge in [0.05, 0.1) is 21.6 Å². The van der Waals surface area contributed by atoms with Crippen molar-refractivity contribution in [3.8, 4) is 0 Å². The van der Waals surface area contributed by atoms with Gasteiger partial charge in [0.25, 0.3) is 0 Å². The molecule has 0 saturated heterocycles. The molecular formula is C29H40N4O2S. The molecule has 6 nitrogen and oxygen atoms in total. The van der Waals surface area contributed by atoms with Crippen LogP contribution >= 0.6 is 0 Å². The molecule has 1 atom stereocenters. The minimum Gasteiger partial charge on any atom is -0.327 e. The molecule has 1 aliphatic rings. The zero-order valence-electron chi connectivity index (χ0n) is 22.5. The van der Waals surface area contributed by atoms with Gasteiger partial charge >= 0.3 is 0 Å². The van der Waals surface area contributed by atoms with E-state index in [1.54, 1.807) is 28.6 Å². The van der Waals surface area contributed by atoms with Gasteiger partial charge < -0.3 is 9.88 Å². The van der Waals surface area contributed by atoms with Crippen LogP contribution < -0.4 is 9.62 Å². The number of aromatic nitrogens is 2. The maximum absolute atomic E-state index is 13.3. The molecule has 1 aromatic heterocycles. The summed E-state index contributed by atoms with van der Waals surface area (Å²) in [5, 5.41) is 2.88. The van der Waals surface area contributed by atoms with E-state index in [-0.39, 0.29) is 17.2 Å². The SMILES string of the molecule is CC(C)C(=O)Nc1ccc(S(=O)N(C)c2ccc3c(c2)nc(C(C)(C)C)n3CC2CCCCC2)cc1. The molecule has 1 heterocycles. The molecule has 1 N–H and O–H groups in total. The second kappa shape index (κ2) is 10.8. The van der Waals surface area contributed by atoms with Crippen molar-refractivity contribution < 1.29 is 9.00 Å². The normalized spacial score (nSPS) is 15.9. The largest absolute Gasteiger partial charge is 0.327 e. The number of amides is 1. The third kappa shape index (κ3) is 5.83. The Hall–Kier alpha value is -2.67. The number of rotatable bonds is 7. The van der Waals surface area contributed by atoms with Crippen molar-refractivity contribution in [3.05, 3.63) is 48.3 Å². The molecule has 1 saturated carbocycles. The van der Waals surface area contributed by atoms with Crippen LogP contribution in [0.25, 0.3) is 11.0 Å². The summed E-state index contributed by atoms with van der Waals surface area (Å²) in [7, 11) is 0.456. The molecule has 1 unspecified atom stereocenters. The van der Waals surface area contributed by atoms with Gasteiger partial charge in [-0.15, -0.1) is 0 Å². The molecule has 7 heteroatoms. The zero-order chi connectivity index (χ0) is 26.0. The number of imidazole rings is 1. The van der Waals surface area contributed by atoms with Gasteiger partial charge in [-0.1, -0.05) is 53.9 Å². The van der Waals surface area contributed by atoms with Gasteiger partial charge in [0.1, 0.15) is 5.82 Å². The van der Waals surface area contributed by atoms with Gasteiger partial charge in [-0.3, -0.25) is 9.10 Å². The zero-order valence-corrected chi connectivity index (χ0v) is 23.3. The molecule has 4 rings (SSSR count). The van der Waals surface area contributed by atoms with Crippen molar-refractivity contribution in [2.75, 3.05) is 16.7 Å². The van der Waals surface area contributed by atoms with Crippen LogP contribution in [-0.2, 0) is 27.7 Å². The average Bonchev–Trinajstić information content (AvgIpc) is 3.22. The average molecular weight is 509 g/mol. The molecule has 2 aromatic carbocycles. The van der Waals surface area contributed by atoms with Crippen LogP contribution in [0.2, 0.25) is 0 Å². The molecule has 0 spiro atoms. The lowest BCUT2D eigenvalue weighted by Crippen LogP contribution is -2.22. The molecule has 0 bridgehead atoms. The van der Waals surface area contributed by atoms with E-state index >= 15 is 0 Å². The van der Waals surface area contributed by atoms with Crippen LogP contribution in [0.5, 0.6) is 0 Å². The van der Waals surface area contributed by atoms with Crippen molar-refractivity contribution >= 4 is 39.3 Å². The Bertz CT molecular complexity index is 1230. The summed E-state index contributed by atoms with van der Waals surface area (Å²) >= 11 is 0. The lowest BCUT2D eigenvalue weighted by atomic mass is 9.88. The molecule has 1 aliphatic carbocycles. The number of hydrogen-bond donors (Lipinski definition) is 1. The summed E-state index contributed by atoms with van der Waals surface area (Å²) in [6, 6.07) is 13.4. The number of fused-ring (bicyclic) bond motifs is 1. The Labute approximate surface area is 218 Å². The van der Waals surface area contributed by atoms with Gasteiger partial charge in [0, 0.05) is 30.6 Å². The number of carbonyl (C=O) groups excluding carboxylic acids is 1. The summed E-state index contributed by atoms with van der Waals surface area (Å²) in [4.78, 5) is 17.7. The number of nitrogens with one attached hydrogen (secondary N) is 1. The quantitative estimate of drug-likeness (QED) is 0.388. The first kappa shape index (κ1) is 26.4. The number of carbonyl (C=O) groups is 1. The summed E-state index contributed by atoms with van der Waals surface area (Å²) in [6.07, 6.45) is 6.60. The fourth-order valence-corrected chi connectivity index (χ4v) is 5.88. The Morgan fingerprint density at radius 1 is 1.11 bits per heavy atom. The third-order valence-corrected chi connectivity index (χ3v) is 8.41. The minimum atomic E-state index is -1.39. The second-order valence-electron chi connectivity index (χ2n) is 11.4. The first-order valence-corrected chi connectivity index (χ1v) is 14.2. The molecule has 194 valence electrons. The van der Waals surface area contributed by atoms with Crippen molar-refractivity contribution in [1.29, 1.82) is 0 Å². The van der Waals surface area contributed by atoms with Gasteiger partial charge in [-0.25, -0.2) is 9.19 Å². The fraction of sp³-hybridized carbons (Fsp3) is 0.517. The Balaban J connectivity index is 1.58. The maximum atomic E-state index is 13.3. The van der Waals surface area contributed by atoms with E-state index in [9.17, 15) is 9.00 Å². The maximum Gasteiger partial charge on any atom is 0.226 e. The van der Waals surface area contributed by atoms with Crippen LogP contribution in [0.4, 0.5) is 11.4 Å². The highest BCUT2D eigenvalue weighted by molar-refractivity contribution is 7.86. The van der Waals surface area contributed by atoms with E-state index in [1.165, 1.54) is 32.1 Å². The van der Waals surface area contributed by atoms with E-state index in [2.05, 4.69) is 42.8 Å². The monoisotopic (exact) mass is 508 g/mol. The third-order valence-electron chi connectivity index (χ3n) is 7.03. The summed E-state index contributed by atoms with van der Waals surface area (Å²) in [6.45, 7) is 11.4. The second-order valence-corrected chi connectivity index (χ2v) is 12.9. The predicted octanol–water partition coefficient (Wildman–Crippen LogP) is 6.67. The van der Waals surface area contributed by atoms with Crippen LogP contribution in [0.15, 0.2) is 47.4 Å². The summed E-state index contributed by atoms with van der Waals surface area (Å²) in [5.74, 6) is 1.69. The summed E-state index contributed by atoms with van der Waals surface area (Å²) < 4.78 is 17.5. The van der Waals surface area contributed by atoms with E-state index in [1.807, 2.05) is 27.0 Å². The van der Waals surface area contributed by atoms with Crippen molar-refractivity contribution in [2.45, 2.75) is 83.6 Å². The number of anilines is 2. The van der Waals surface area contributed by atoms with E-state index in [0.717, 1.165) is 29.1 Å². The van der Waals surface area contributed by atoms with E-state index < -0.39 is 11.0 Å². The lowest BCUT2D eigenvalue weighted by molar-refractivity contribution is -0.118. The van der Waals surface area contributed by atoms with E-state index in [4.69, 9.17) is 4.98 Å². The van der Waals surface area contributed by atoms with Crippen LogP contribution in [0, 0.1) is 11.8 Å². The first-order valence-electron chi connectivity index (χ1n) is 13.1. The highest BCUT2D eigenvalue weighted by atomic mass is 32.2. The van der Waals surface area contributed by atoms with Crippen molar-refractivity contribution in [3.63, 3.8) is 0 Å². The standard InChI is InChI=1S/C29H40N4O2S/c1-20(2)27(34)30-22-12-15-24(16-13-22)36(35)32(6)23-14-17-26-25(18-23)31-28(29(3,4)5)33(26)19-21-10-8-7-9-11-21/h12-18,20-21H,7-11,19H2,1-6H3,(H,30,34). The van der Waals surface area contributed by atoms with Gasteiger partial charge in [-0.2, -0.15) is 0 Å². The summed E-state index contributed by atoms with van der Waals surface area (Å²) in [5.41, 5.74) is 3.61. The predicted molar refractivity (Wildman–Crippen MR) is 150 cm³/mol. The first-order chi connectivity index (χ1) is 17.0. The van der Waals surface area contributed by atoms with Crippen LogP contribution in [0.3, 0.4) is 0 Å². The minimum absolute atomic E-state index is 0.0353. The molecule has 36 heavy (non-hydrogen) atoms. The van der Waals surface area contributed by atoms with E-state index in [0.29, 0.717) is 16.5 Å². The molecule has 0 radical (unpaired) electrons. The molecule has 1 fully saturated rings. The van der Waals surface area contributed by atoms with Gasteiger partial charge in [0.2, 0.25) is 5.91 Å². The smallest absolute Gasteiger partial charge is 0.226 e. The lowest BCUT2D eigenvalue weighted by Gasteiger charge is -2.26. The van der Waals surface area contributed by atoms with Gasteiger partial charge in [0.15, 0.2) is 11.0 Å². The van der Waals surface area contributed by atoms with Crippen molar-refractivity contribution in [2.24, 2.45) is 11.8 Å². The molecule has 1 amide bonds. The molecule has 0 aliphatic heterocycles. The molecular weight excluding hydrogens is 468 g/mol. The van der Waals surface area contributed by atoms with Crippen LogP contribution in [-0.4, -0.2) is 26.7 Å².